The Hall–Kier alpha value is -1.79. The van der Waals surface area contributed by atoms with Crippen molar-refractivity contribution in [3.05, 3.63) is 0 Å². The van der Waals surface area contributed by atoms with Crippen LogP contribution in [0.2, 0.25) is 0 Å². The molecule has 4 N–H and O–H groups in total. The molecule has 0 unspecified atom stereocenters. The fourth-order valence-corrected chi connectivity index (χ4v) is 2.25. The number of piperidine rings is 1. The summed E-state index contributed by atoms with van der Waals surface area (Å²) in [5.41, 5.74) is 4.49. The van der Waals surface area contributed by atoms with Gasteiger partial charge in [0, 0.05) is 26.1 Å². The number of urea groups is 1. The third-order valence-corrected chi connectivity index (χ3v) is 4.02. The number of nitrogens with two attached hydrogens (primary N) is 1. The first kappa shape index (κ1) is 17.3. The van der Waals surface area contributed by atoms with Crippen LogP contribution in [0.3, 0.4) is 0 Å². The molecule has 0 aliphatic carbocycles. The van der Waals surface area contributed by atoms with Gasteiger partial charge in [0.15, 0.2) is 0 Å². The minimum Gasteiger partial charge on any atom is -0.481 e. The van der Waals surface area contributed by atoms with Gasteiger partial charge in [0.25, 0.3) is 0 Å². The number of nitrogens with zero attached hydrogens (tertiary/aromatic N) is 1. The van der Waals surface area contributed by atoms with Crippen molar-refractivity contribution in [1.82, 2.24) is 10.2 Å². The minimum atomic E-state index is -0.774. The second-order valence-corrected chi connectivity index (χ2v) is 6.27. The SMILES string of the molecule is CC(C)(CNC(=O)N1CCC(CCC(=O)O)CC1)C(N)=O. The zero-order valence-electron chi connectivity index (χ0n) is 12.7. The van der Waals surface area contributed by atoms with E-state index in [2.05, 4.69) is 5.32 Å². The molecular formula is C14H25N3O4. The summed E-state index contributed by atoms with van der Waals surface area (Å²) in [7, 11) is 0. The number of amides is 3. The Kier molecular flexibility index (Phi) is 5.99. The number of aliphatic carboxylic acids is 1. The normalized spacial score (nSPS) is 16.6. The van der Waals surface area contributed by atoms with E-state index in [0.717, 1.165) is 12.8 Å². The van der Waals surface area contributed by atoms with Crippen LogP contribution in [0.15, 0.2) is 0 Å². The number of carboxylic acids is 1. The van der Waals surface area contributed by atoms with E-state index in [1.54, 1.807) is 18.7 Å². The number of primary amides is 1. The number of carbonyl (C=O) groups is 3. The third-order valence-electron chi connectivity index (χ3n) is 4.02. The van der Waals surface area contributed by atoms with E-state index < -0.39 is 17.3 Å². The smallest absolute Gasteiger partial charge is 0.317 e. The van der Waals surface area contributed by atoms with Crippen LogP contribution >= 0.6 is 0 Å². The van der Waals surface area contributed by atoms with E-state index in [-0.39, 0.29) is 19.0 Å². The Balaban J connectivity index is 2.32. The summed E-state index contributed by atoms with van der Waals surface area (Å²) in [6, 6.07) is -0.194. The topological polar surface area (TPSA) is 113 Å². The molecule has 7 heteroatoms. The average molecular weight is 299 g/mol. The number of carboxylic acid groups (broad SMARTS) is 1. The molecule has 7 nitrogen and oxygen atoms in total. The molecule has 0 bridgehead atoms. The summed E-state index contributed by atoms with van der Waals surface area (Å²) in [5, 5.41) is 11.4. The molecule has 1 heterocycles. The minimum absolute atomic E-state index is 0.184. The zero-order valence-corrected chi connectivity index (χ0v) is 12.7. The summed E-state index contributed by atoms with van der Waals surface area (Å²) in [6.07, 6.45) is 2.49. The Morgan fingerprint density at radius 2 is 1.86 bits per heavy atom. The van der Waals surface area contributed by atoms with Crippen molar-refractivity contribution in [1.29, 1.82) is 0 Å². The predicted octanol–water partition coefficient (Wildman–Crippen LogP) is 0.784. The lowest BCUT2D eigenvalue weighted by atomic mass is 9.92. The third kappa shape index (κ3) is 5.61. The molecule has 0 saturated carbocycles. The second kappa shape index (κ2) is 7.28. The van der Waals surface area contributed by atoms with Gasteiger partial charge in [0.1, 0.15) is 0 Å². The molecule has 0 atom stereocenters. The van der Waals surface area contributed by atoms with Crippen LogP contribution in [0.1, 0.15) is 39.5 Å². The molecule has 0 spiro atoms. The van der Waals surface area contributed by atoms with Gasteiger partial charge in [-0.05, 0) is 39.0 Å². The molecule has 1 saturated heterocycles. The molecule has 0 aromatic heterocycles. The van der Waals surface area contributed by atoms with Gasteiger partial charge >= 0.3 is 12.0 Å². The maximum Gasteiger partial charge on any atom is 0.317 e. The lowest BCUT2D eigenvalue weighted by Crippen LogP contribution is -2.49. The first-order chi connectivity index (χ1) is 9.72. The number of hydrogen-bond donors (Lipinski definition) is 3. The quantitative estimate of drug-likeness (QED) is 0.672. The number of carbonyl (C=O) groups excluding carboxylic acids is 2. The highest BCUT2D eigenvalue weighted by molar-refractivity contribution is 5.81. The van der Waals surface area contributed by atoms with Crippen LogP contribution in [-0.2, 0) is 9.59 Å². The average Bonchev–Trinajstić information content (AvgIpc) is 2.43. The first-order valence-electron chi connectivity index (χ1n) is 7.27. The van der Waals surface area contributed by atoms with Gasteiger partial charge in [-0.2, -0.15) is 0 Å². The molecule has 0 radical (unpaired) electrons. The largest absolute Gasteiger partial charge is 0.481 e. The van der Waals surface area contributed by atoms with Crippen LogP contribution in [0.4, 0.5) is 4.79 Å². The van der Waals surface area contributed by atoms with Gasteiger partial charge in [0.2, 0.25) is 5.91 Å². The molecule has 1 aliphatic heterocycles. The van der Waals surface area contributed by atoms with Crippen LogP contribution in [0, 0.1) is 11.3 Å². The van der Waals surface area contributed by atoms with E-state index in [0.29, 0.717) is 25.4 Å². The maximum atomic E-state index is 12.0. The fourth-order valence-electron chi connectivity index (χ4n) is 2.25. The molecule has 1 aliphatic rings. The number of likely N-dealkylation sites (tertiary alicyclic amines) is 1. The maximum absolute atomic E-state index is 12.0. The van der Waals surface area contributed by atoms with Gasteiger partial charge in [0.05, 0.1) is 5.41 Å². The van der Waals surface area contributed by atoms with Crippen LogP contribution in [-0.4, -0.2) is 47.5 Å². The van der Waals surface area contributed by atoms with Crippen molar-refractivity contribution in [2.45, 2.75) is 39.5 Å². The molecule has 1 fully saturated rings. The van der Waals surface area contributed by atoms with Crippen LogP contribution < -0.4 is 11.1 Å². The van der Waals surface area contributed by atoms with E-state index in [1.165, 1.54) is 0 Å². The lowest BCUT2D eigenvalue weighted by molar-refractivity contribution is -0.137. The van der Waals surface area contributed by atoms with Crippen LogP contribution in [0.5, 0.6) is 0 Å². The summed E-state index contributed by atoms with van der Waals surface area (Å²) in [4.78, 5) is 35.4. The van der Waals surface area contributed by atoms with Gasteiger partial charge in [-0.25, -0.2) is 4.79 Å². The van der Waals surface area contributed by atoms with Crippen LogP contribution in [0.25, 0.3) is 0 Å². The summed E-state index contributed by atoms with van der Waals surface area (Å²) < 4.78 is 0. The Morgan fingerprint density at radius 1 is 1.29 bits per heavy atom. The van der Waals surface area contributed by atoms with Crippen molar-refractivity contribution < 1.29 is 19.5 Å². The summed E-state index contributed by atoms with van der Waals surface area (Å²) in [5.74, 6) is -0.855. The highest BCUT2D eigenvalue weighted by Crippen LogP contribution is 2.22. The van der Waals surface area contributed by atoms with E-state index >= 15 is 0 Å². The van der Waals surface area contributed by atoms with Gasteiger partial charge in [-0.15, -0.1) is 0 Å². The molecule has 3 amide bonds. The van der Waals surface area contributed by atoms with E-state index in [1.807, 2.05) is 0 Å². The number of rotatable bonds is 6. The lowest BCUT2D eigenvalue weighted by Gasteiger charge is -2.32. The van der Waals surface area contributed by atoms with Gasteiger partial charge in [-0.3, -0.25) is 9.59 Å². The first-order valence-corrected chi connectivity index (χ1v) is 7.27. The highest BCUT2D eigenvalue weighted by Gasteiger charge is 2.28. The van der Waals surface area contributed by atoms with Crippen molar-refractivity contribution in [3.63, 3.8) is 0 Å². The molecule has 21 heavy (non-hydrogen) atoms. The standard InChI is InChI=1S/C14H25N3O4/c1-14(2,12(15)20)9-16-13(21)17-7-5-10(6-8-17)3-4-11(18)19/h10H,3-9H2,1-2H3,(H2,15,20)(H,16,21)(H,18,19). The van der Waals surface area contributed by atoms with Crippen molar-refractivity contribution in [3.8, 4) is 0 Å². The highest BCUT2D eigenvalue weighted by atomic mass is 16.4. The van der Waals surface area contributed by atoms with Crippen molar-refractivity contribution in [2.75, 3.05) is 19.6 Å². The van der Waals surface area contributed by atoms with E-state index in [4.69, 9.17) is 10.8 Å². The summed E-state index contributed by atoms with van der Waals surface area (Å²) >= 11 is 0. The number of hydrogen-bond acceptors (Lipinski definition) is 3. The number of nitrogens with one attached hydrogen (secondary N) is 1. The van der Waals surface area contributed by atoms with E-state index in [9.17, 15) is 14.4 Å². The Labute approximate surface area is 124 Å². The van der Waals surface area contributed by atoms with Crippen molar-refractivity contribution >= 4 is 17.9 Å². The monoisotopic (exact) mass is 299 g/mol. The van der Waals surface area contributed by atoms with Crippen molar-refractivity contribution in [2.24, 2.45) is 17.1 Å². The molecule has 120 valence electrons. The molecule has 1 rings (SSSR count). The second-order valence-electron chi connectivity index (χ2n) is 6.27. The molecule has 0 aromatic rings. The zero-order chi connectivity index (χ0) is 16.0. The summed E-state index contributed by atoms with van der Waals surface area (Å²) in [6.45, 7) is 4.82. The Morgan fingerprint density at radius 3 is 2.33 bits per heavy atom. The molecular weight excluding hydrogens is 274 g/mol. The fraction of sp³-hybridized carbons (Fsp3) is 0.786. The predicted molar refractivity (Wildman–Crippen MR) is 77.5 cm³/mol. The molecule has 0 aromatic carbocycles. The van der Waals surface area contributed by atoms with Gasteiger partial charge in [-0.1, -0.05) is 0 Å². The Bertz CT molecular complexity index is 401. The van der Waals surface area contributed by atoms with Gasteiger partial charge < -0.3 is 21.1 Å².